The number of aromatic nitrogens is 2. The first kappa shape index (κ1) is 15.9. The molecule has 0 unspecified atom stereocenters. The molecule has 1 aliphatic rings. The maximum atomic E-state index is 14.5. The van der Waals surface area contributed by atoms with Gasteiger partial charge in [-0.1, -0.05) is 0 Å². The van der Waals surface area contributed by atoms with Crippen LogP contribution in [0.2, 0.25) is 0 Å². The van der Waals surface area contributed by atoms with Crippen LogP contribution in [0.1, 0.15) is 0 Å². The van der Waals surface area contributed by atoms with Crippen molar-refractivity contribution >= 4 is 22.4 Å². The van der Waals surface area contributed by atoms with Crippen LogP contribution < -0.4 is 9.80 Å². The van der Waals surface area contributed by atoms with Gasteiger partial charge in [-0.25, -0.2) is 9.37 Å². The Balaban J connectivity index is 1.70. The zero-order chi connectivity index (χ0) is 17.4. The highest BCUT2D eigenvalue weighted by Gasteiger charge is 2.17. The first-order valence-corrected chi connectivity index (χ1v) is 8.41. The van der Waals surface area contributed by atoms with Crippen LogP contribution in [0.15, 0.2) is 36.4 Å². The van der Waals surface area contributed by atoms with E-state index in [-0.39, 0.29) is 5.82 Å². The Labute approximate surface area is 146 Å². The average molecular weight is 340 g/mol. The predicted molar refractivity (Wildman–Crippen MR) is 98.8 cm³/mol. The molecule has 130 valence electrons. The van der Waals surface area contributed by atoms with Gasteiger partial charge in [-0.2, -0.15) is 0 Å². The predicted octanol–water partition coefficient (Wildman–Crippen LogP) is 3.27. The fourth-order valence-electron chi connectivity index (χ4n) is 3.12. The molecule has 0 atom stereocenters. The maximum Gasteiger partial charge on any atom is 0.148 e. The van der Waals surface area contributed by atoms with Gasteiger partial charge in [0.2, 0.25) is 0 Å². The average Bonchev–Trinajstić information content (AvgIpc) is 3.04. The molecule has 0 amide bonds. The Kier molecular flexibility index (Phi) is 4.05. The topological polar surface area (TPSA) is 44.4 Å². The Morgan fingerprint density at radius 2 is 1.84 bits per heavy atom. The van der Waals surface area contributed by atoms with Crippen LogP contribution in [-0.2, 0) is 4.74 Å². The van der Waals surface area contributed by atoms with Gasteiger partial charge in [-0.3, -0.25) is 0 Å². The molecule has 1 aliphatic heterocycles. The molecule has 1 N–H and O–H groups in total. The van der Waals surface area contributed by atoms with E-state index in [0.29, 0.717) is 37.5 Å². The summed E-state index contributed by atoms with van der Waals surface area (Å²) in [6.45, 7) is 2.67. The van der Waals surface area contributed by atoms with E-state index in [1.54, 1.807) is 0 Å². The van der Waals surface area contributed by atoms with Gasteiger partial charge in [-0.15, -0.1) is 0 Å². The lowest BCUT2D eigenvalue weighted by molar-refractivity contribution is 0.122. The summed E-state index contributed by atoms with van der Waals surface area (Å²) in [4.78, 5) is 11.9. The summed E-state index contributed by atoms with van der Waals surface area (Å²) in [5.41, 5.74) is 4.19. The normalized spacial score (nSPS) is 14.9. The van der Waals surface area contributed by atoms with Gasteiger partial charge in [0.05, 0.1) is 29.9 Å². The standard InChI is InChI=1S/C19H21FN4O/c1-23(2)14-5-3-13(4-6-14)19-21-16-11-15(20)18(12-17(16)22-19)24-7-9-25-10-8-24/h3-6,11-12H,7-10H2,1-2H3,(H,21,22). The molecule has 1 aromatic heterocycles. The Hall–Kier alpha value is -2.60. The molecule has 0 aliphatic carbocycles. The second kappa shape index (κ2) is 6.37. The SMILES string of the molecule is CN(C)c1ccc(-c2nc3cc(F)c(N4CCOCC4)cc3[nH]2)cc1. The quantitative estimate of drug-likeness (QED) is 0.795. The van der Waals surface area contributed by atoms with Crippen molar-refractivity contribution in [1.29, 1.82) is 0 Å². The highest BCUT2D eigenvalue weighted by Crippen LogP contribution is 2.28. The van der Waals surface area contributed by atoms with E-state index in [1.165, 1.54) is 6.07 Å². The number of benzene rings is 2. The highest BCUT2D eigenvalue weighted by molar-refractivity contribution is 5.83. The van der Waals surface area contributed by atoms with E-state index in [4.69, 9.17) is 4.74 Å². The third kappa shape index (κ3) is 3.05. The number of anilines is 2. The number of hydrogen-bond acceptors (Lipinski definition) is 4. The summed E-state index contributed by atoms with van der Waals surface area (Å²) in [5.74, 6) is 0.509. The molecule has 0 bridgehead atoms. The molecule has 4 rings (SSSR count). The number of imidazole rings is 1. The summed E-state index contributed by atoms with van der Waals surface area (Å²) < 4.78 is 19.9. The number of H-pyrrole nitrogens is 1. The third-order valence-electron chi connectivity index (χ3n) is 4.56. The van der Waals surface area contributed by atoms with Crippen molar-refractivity contribution in [3.63, 3.8) is 0 Å². The molecule has 5 nitrogen and oxygen atoms in total. The number of aromatic amines is 1. The molecule has 0 radical (unpaired) electrons. The molecule has 0 saturated carbocycles. The van der Waals surface area contributed by atoms with Crippen LogP contribution in [0.5, 0.6) is 0 Å². The minimum Gasteiger partial charge on any atom is -0.378 e. The van der Waals surface area contributed by atoms with E-state index in [0.717, 1.165) is 22.6 Å². The lowest BCUT2D eigenvalue weighted by Crippen LogP contribution is -2.36. The molecular weight excluding hydrogens is 319 g/mol. The highest BCUT2D eigenvalue weighted by atomic mass is 19.1. The molecule has 1 saturated heterocycles. The van der Waals surface area contributed by atoms with Crippen molar-refractivity contribution in [1.82, 2.24) is 9.97 Å². The van der Waals surface area contributed by atoms with Crippen molar-refractivity contribution < 1.29 is 9.13 Å². The van der Waals surface area contributed by atoms with Crippen LogP contribution in [0.3, 0.4) is 0 Å². The van der Waals surface area contributed by atoms with E-state index in [9.17, 15) is 4.39 Å². The number of fused-ring (bicyclic) bond motifs is 1. The molecule has 3 aromatic rings. The number of nitrogens with one attached hydrogen (secondary N) is 1. The number of nitrogens with zero attached hydrogens (tertiary/aromatic N) is 3. The third-order valence-corrected chi connectivity index (χ3v) is 4.56. The van der Waals surface area contributed by atoms with Crippen LogP contribution in [-0.4, -0.2) is 50.4 Å². The Morgan fingerprint density at radius 3 is 2.52 bits per heavy atom. The van der Waals surface area contributed by atoms with Crippen molar-refractivity contribution in [3.8, 4) is 11.4 Å². The molecular formula is C19H21FN4O. The van der Waals surface area contributed by atoms with Crippen molar-refractivity contribution in [2.24, 2.45) is 0 Å². The molecule has 1 fully saturated rings. The van der Waals surface area contributed by atoms with Gasteiger partial charge in [-0.05, 0) is 30.3 Å². The van der Waals surface area contributed by atoms with Crippen LogP contribution >= 0.6 is 0 Å². The van der Waals surface area contributed by atoms with Crippen LogP contribution in [0.4, 0.5) is 15.8 Å². The zero-order valence-corrected chi connectivity index (χ0v) is 14.4. The second-order valence-electron chi connectivity index (χ2n) is 6.45. The molecule has 2 heterocycles. The molecule has 25 heavy (non-hydrogen) atoms. The number of rotatable bonds is 3. The lowest BCUT2D eigenvalue weighted by Gasteiger charge is -2.29. The summed E-state index contributed by atoms with van der Waals surface area (Å²) in [6.07, 6.45) is 0. The molecule has 0 spiro atoms. The first-order chi connectivity index (χ1) is 12.1. The van der Waals surface area contributed by atoms with Gasteiger partial charge in [0, 0.05) is 44.5 Å². The first-order valence-electron chi connectivity index (χ1n) is 8.41. The number of halogens is 1. The fraction of sp³-hybridized carbons (Fsp3) is 0.316. The molecule has 2 aromatic carbocycles. The molecule has 6 heteroatoms. The Morgan fingerprint density at radius 1 is 1.12 bits per heavy atom. The largest absolute Gasteiger partial charge is 0.378 e. The number of morpholine rings is 1. The van der Waals surface area contributed by atoms with Crippen LogP contribution in [0.25, 0.3) is 22.4 Å². The minimum atomic E-state index is -0.240. The minimum absolute atomic E-state index is 0.240. The number of ether oxygens (including phenoxy) is 1. The van der Waals surface area contributed by atoms with Crippen molar-refractivity contribution in [2.45, 2.75) is 0 Å². The van der Waals surface area contributed by atoms with Gasteiger partial charge in [0.15, 0.2) is 0 Å². The summed E-state index contributed by atoms with van der Waals surface area (Å²) in [7, 11) is 4.01. The van der Waals surface area contributed by atoms with Gasteiger partial charge in [0.25, 0.3) is 0 Å². The van der Waals surface area contributed by atoms with E-state index in [2.05, 4.69) is 9.97 Å². The number of hydrogen-bond donors (Lipinski definition) is 1. The van der Waals surface area contributed by atoms with Gasteiger partial charge in [0.1, 0.15) is 11.6 Å². The fourth-order valence-corrected chi connectivity index (χ4v) is 3.12. The van der Waals surface area contributed by atoms with E-state index < -0.39 is 0 Å². The summed E-state index contributed by atoms with van der Waals surface area (Å²) >= 11 is 0. The van der Waals surface area contributed by atoms with E-state index in [1.807, 2.05) is 54.2 Å². The second-order valence-corrected chi connectivity index (χ2v) is 6.45. The Bertz CT molecular complexity index is 882. The smallest absolute Gasteiger partial charge is 0.148 e. The van der Waals surface area contributed by atoms with Gasteiger partial charge >= 0.3 is 0 Å². The van der Waals surface area contributed by atoms with E-state index >= 15 is 0 Å². The lowest BCUT2D eigenvalue weighted by atomic mass is 10.2. The van der Waals surface area contributed by atoms with Crippen LogP contribution in [0, 0.1) is 5.82 Å². The monoisotopic (exact) mass is 340 g/mol. The van der Waals surface area contributed by atoms with Gasteiger partial charge < -0.3 is 19.5 Å². The maximum absolute atomic E-state index is 14.5. The summed E-state index contributed by atoms with van der Waals surface area (Å²) in [5, 5.41) is 0. The van der Waals surface area contributed by atoms with Crippen molar-refractivity contribution in [2.75, 3.05) is 50.2 Å². The zero-order valence-electron chi connectivity index (χ0n) is 14.4. The van der Waals surface area contributed by atoms with Crippen molar-refractivity contribution in [3.05, 3.63) is 42.2 Å². The summed E-state index contributed by atoms with van der Waals surface area (Å²) in [6, 6.07) is 11.5.